The molecule has 1 aliphatic rings. The first kappa shape index (κ1) is 13.0. The zero-order valence-electron chi connectivity index (χ0n) is 10.6. The molecule has 0 aromatic heterocycles. The summed E-state index contributed by atoms with van der Waals surface area (Å²) in [5.74, 6) is 1.84. The van der Waals surface area contributed by atoms with Crippen molar-refractivity contribution in [1.29, 1.82) is 0 Å². The molecule has 2 nitrogen and oxygen atoms in total. The van der Waals surface area contributed by atoms with Crippen molar-refractivity contribution in [3.05, 3.63) is 0 Å². The number of hydrogen-bond donors (Lipinski definition) is 1. The SMILES string of the molecule is CCC(COC)NCC1CCCC(C)C1. The molecule has 0 amide bonds. The summed E-state index contributed by atoms with van der Waals surface area (Å²) in [5, 5.41) is 3.64. The lowest BCUT2D eigenvalue weighted by Crippen LogP contribution is -2.37. The van der Waals surface area contributed by atoms with Gasteiger partial charge in [0, 0.05) is 13.2 Å². The summed E-state index contributed by atoms with van der Waals surface area (Å²) >= 11 is 0. The molecule has 1 fully saturated rings. The van der Waals surface area contributed by atoms with E-state index in [0.717, 1.165) is 24.9 Å². The van der Waals surface area contributed by atoms with E-state index in [1.54, 1.807) is 7.11 Å². The van der Waals surface area contributed by atoms with Crippen molar-refractivity contribution < 1.29 is 4.74 Å². The average molecular weight is 213 g/mol. The molecule has 3 atom stereocenters. The Morgan fingerprint density at radius 1 is 1.40 bits per heavy atom. The van der Waals surface area contributed by atoms with E-state index in [1.165, 1.54) is 32.2 Å². The Labute approximate surface area is 94.8 Å². The third-order valence-corrected chi connectivity index (χ3v) is 3.60. The van der Waals surface area contributed by atoms with E-state index in [-0.39, 0.29) is 0 Å². The number of ether oxygens (including phenoxy) is 1. The van der Waals surface area contributed by atoms with Crippen LogP contribution in [0.5, 0.6) is 0 Å². The van der Waals surface area contributed by atoms with Crippen molar-refractivity contribution in [3.8, 4) is 0 Å². The van der Waals surface area contributed by atoms with Crippen LogP contribution in [0.25, 0.3) is 0 Å². The Balaban J connectivity index is 2.16. The summed E-state index contributed by atoms with van der Waals surface area (Å²) in [6.07, 6.45) is 6.85. The topological polar surface area (TPSA) is 21.3 Å². The van der Waals surface area contributed by atoms with Gasteiger partial charge in [0.25, 0.3) is 0 Å². The van der Waals surface area contributed by atoms with Crippen molar-refractivity contribution in [2.24, 2.45) is 11.8 Å². The molecule has 0 aliphatic heterocycles. The summed E-state index contributed by atoms with van der Waals surface area (Å²) in [7, 11) is 1.78. The first-order chi connectivity index (χ1) is 7.26. The van der Waals surface area contributed by atoms with Gasteiger partial charge in [-0.1, -0.05) is 26.7 Å². The van der Waals surface area contributed by atoms with E-state index < -0.39 is 0 Å². The van der Waals surface area contributed by atoms with Crippen LogP contribution in [-0.2, 0) is 4.74 Å². The summed E-state index contributed by atoms with van der Waals surface area (Å²) in [6, 6.07) is 0.548. The minimum absolute atomic E-state index is 0.548. The lowest BCUT2D eigenvalue weighted by Gasteiger charge is -2.28. The number of methoxy groups -OCH3 is 1. The average Bonchev–Trinajstić information content (AvgIpc) is 2.24. The molecular formula is C13H27NO. The Hall–Kier alpha value is -0.0800. The molecule has 0 aromatic carbocycles. The van der Waals surface area contributed by atoms with Crippen LogP contribution in [0.15, 0.2) is 0 Å². The highest BCUT2D eigenvalue weighted by Gasteiger charge is 2.19. The van der Waals surface area contributed by atoms with E-state index in [0.29, 0.717) is 6.04 Å². The highest BCUT2D eigenvalue weighted by molar-refractivity contribution is 4.74. The molecule has 0 aromatic rings. The quantitative estimate of drug-likeness (QED) is 0.732. The minimum Gasteiger partial charge on any atom is -0.383 e. The second kappa shape index (κ2) is 7.24. The van der Waals surface area contributed by atoms with E-state index in [4.69, 9.17) is 4.74 Å². The molecule has 2 heteroatoms. The molecule has 0 heterocycles. The van der Waals surface area contributed by atoms with Gasteiger partial charge in [0.15, 0.2) is 0 Å². The van der Waals surface area contributed by atoms with Gasteiger partial charge < -0.3 is 10.1 Å². The molecule has 0 radical (unpaired) electrons. The zero-order chi connectivity index (χ0) is 11.1. The molecule has 1 rings (SSSR count). The number of hydrogen-bond acceptors (Lipinski definition) is 2. The lowest BCUT2D eigenvalue weighted by atomic mass is 9.82. The standard InChI is InChI=1S/C13H27NO/c1-4-13(10-15-3)14-9-12-7-5-6-11(2)8-12/h11-14H,4-10H2,1-3H3. The maximum atomic E-state index is 5.19. The molecule has 0 spiro atoms. The Morgan fingerprint density at radius 2 is 2.20 bits per heavy atom. The molecule has 0 bridgehead atoms. The van der Waals surface area contributed by atoms with E-state index >= 15 is 0 Å². The third kappa shape index (κ3) is 4.98. The zero-order valence-corrected chi connectivity index (χ0v) is 10.6. The fourth-order valence-electron chi connectivity index (χ4n) is 2.60. The fourth-order valence-corrected chi connectivity index (χ4v) is 2.60. The Morgan fingerprint density at radius 3 is 2.80 bits per heavy atom. The second-order valence-electron chi connectivity index (χ2n) is 5.11. The Kier molecular flexibility index (Phi) is 6.26. The highest BCUT2D eigenvalue weighted by Crippen LogP contribution is 2.27. The number of nitrogens with one attached hydrogen (secondary N) is 1. The van der Waals surface area contributed by atoms with E-state index in [1.807, 2.05) is 0 Å². The smallest absolute Gasteiger partial charge is 0.0615 e. The van der Waals surface area contributed by atoms with Crippen molar-refractivity contribution in [2.45, 2.75) is 52.0 Å². The molecule has 1 saturated carbocycles. The Bertz CT molecular complexity index is 161. The third-order valence-electron chi connectivity index (χ3n) is 3.60. The maximum absolute atomic E-state index is 5.19. The van der Waals surface area contributed by atoms with Gasteiger partial charge in [-0.15, -0.1) is 0 Å². The van der Waals surface area contributed by atoms with E-state index in [9.17, 15) is 0 Å². The van der Waals surface area contributed by atoms with E-state index in [2.05, 4.69) is 19.2 Å². The highest BCUT2D eigenvalue weighted by atomic mass is 16.5. The van der Waals surface area contributed by atoms with Gasteiger partial charge in [-0.05, 0) is 37.6 Å². The van der Waals surface area contributed by atoms with Crippen LogP contribution in [0.4, 0.5) is 0 Å². The van der Waals surface area contributed by atoms with Gasteiger partial charge in [0.1, 0.15) is 0 Å². The number of rotatable bonds is 6. The predicted octanol–water partition coefficient (Wildman–Crippen LogP) is 2.83. The molecule has 1 aliphatic carbocycles. The van der Waals surface area contributed by atoms with Crippen LogP contribution in [-0.4, -0.2) is 26.3 Å². The van der Waals surface area contributed by atoms with Gasteiger partial charge in [-0.25, -0.2) is 0 Å². The van der Waals surface area contributed by atoms with Gasteiger partial charge in [-0.2, -0.15) is 0 Å². The molecule has 3 unspecified atom stereocenters. The molecule has 90 valence electrons. The predicted molar refractivity (Wildman–Crippen MR) is 65.1 cm³/mol. The van der Waals surface area contributed by atoms with Gasteiger partial charge in [0.2, 0.25) is 0 Å². The summed E-state index contributed by atoms with van der Waals surface area (Å²) in [4.78, 5) is 0. The molecular weight excluding hydrogens is 186 g/mol. The van der Waals surface area contributed by atoms with Crippen LogP contribution < -0.4 is 5.32 Å². The molecule has 15 heavy (non-hydrogen) atoms. The second-order valence-corrected chi connectivity index (χ2v) is 5.11. The first-order valence-corrected chi connectivity index (χ1v) is 6.48. The van der Waals surface area contributed by atoms with Crippen molar-refractivity contribution in [2.75, 3.05) is 20.3 Å². The van der Waals surface area contributed by atoms with Gasteiger partial charge >= 0.3 is 0 Å². The first-order valence-electron chi connectivity index (χ1n) is 6.48. The van der Waals surface area contributed by atoms with Crippen molar-refractivity contribution in [3.63, 3.8) is 0 Å². The van der Waals surface area contributed by atoms with Crippen LogP contribution >= 0.6 is 0 Å². The summed E-state index contributed by atoms with van der Waals surface area (Å²) < 4.78 is 5.19. The fraction of sp³-hybridized carbons (Fsp3) is 1.00. The minimum atomic E-state index is 0.548. The van der Waals surface area contributed by atoms with Crippen LogP contribution in [0.2, 0.25) is 0 Å². The normalized spacial score (nSPS) is 29.0. The monoisotopic (exact) mass is 213 g/mol. The molecule has 1 N–H and O–H groups in total. The maximum Gasteiger partial charge on any atom is 0.0615 e. The van der Waals surface area contributed by atoms with Crippen LogP contribution in [0.1, 0.15) is 46.0 Å². The lowest BCUT2D eigenvalue weighted by molar-refractivity contribution is 0.157. The van der Waals surface area contributed by atoms with Crippen molar-refractivity contribution in [1.82, 2.24) is 5.32 Å². The summed E-state index contributed by atoms with van der Waals surface area (Å²) in [5.41, 5.74) is 0. The summed E-state index contributed by atoms with van der Waals surface area (Å²) in [6.45, 7) is 6.64. The largest absolute Gasteiger partial charge is 0.383 e. The van der Waals surface area contributed by atoms with Crippen LogP contribution in [0.3, 0.4) is 0 Å². The molecule has 0 saturated heterocycles. The van der Waals surface area contributed by atoms with Crippen LogP contribution in [0, 0.1) is 11.8 Å². The van der Waals surface area contributed by atoms with Crippen molar-refractivity contribution >= 4 is 0 Å². The van der Waals surface area contributed by atoms with Gasteiger partial charge in [0.05, 0.1) is 6.61 Å². The van der Waals surface area contributed by atoms with Gasteiger partial charge in [-0.3, -0.25) is 0 Å².